The van der Waals surface area contributed by atoms with Gasteiger partial charge in [0.25, 0.3) is 0 Å². The largest absolute Gasteiger partial charge is 0.349 e. The summed E-state index contributed by atoms with van der Waals surface area (Å²) in [6, 6.07) is 10.3. The first-order chi connectivity index (χ1) is 12.4. The number of anilines is 1. The Labute approximate surface area is 150 Å². The SMILES string of the molecule is C[C@H](NC(=O)CC[C@@H]1Cc2ccccc2NC1=O)c1ccc(F)cc1F. The van der Waals surface area contributed by atoms with Crippen LogP contribution in [0, 0.1) is 17.6 Å². The molecule has 1 aliphatic heterocycles. The fourth-order valence-corrected chi connectivity index (χ4v) is 3.20. The van der Waals surface area contributed by atoms with E-state index in [0.717, 1.165) is 23.4 Å². The van der Waals surface area contributed by atoms with Crippen molar-refractivity contribution < 1.29 is 18.4 Å². The molecule has 1 aliphatic rings. The van der Waals surface area contributed by atoms with Crippen LogP contribution in [0.25, 0.3) is 0 Å². The lowest BCUT2D eigenvalue weighted by Gasteiger charge is -2.24. The Kier molecular flexibility index (Phi) is 5.30. The molecule has 6 heteroatoms. The van der Waals surface area contributed by atoms with E-state index in [0.29, 0.717) is 12.8 Å². The number of nitrogens with one attached hydrogen (secondary N) is 2. The monoisotopic (exact) mass is 358 g/mol. The molecule has 0 saturated carbocycles. The van der Waals surface area contributed by atoms with E-state index >= 15 is 0 Å². The maximum absolute atomic E-state index is 13.8. The molecule has 2 aromatic carbocycles. The predicted molar refractivity (Wildman–Crippen MR) is 94.4 cm³/mol. The van der Waals surface area contributed by atoms with Crippen LogP contribution in [0.2, 0.25) is 0 Å². The number of fused-ring (bicyclic) bond motifs is 1. The molecule has 2 atom stereocenters. The minimum absolute atomic E-state index is 0.0888. The van der Waals surface area contributed by atoms with Crippen molar-refractivity contribution in [1.82, 2.24) is 5.32 Å². The summed E-state index contributed by atoms with van der Waals surface area (Å²) in [5.41, 5.74) is 2.10. The number of carbonyl (C=O) groups is 2. The van der Waals surface area contributed by atoms with Crippen molar-refractivity contribution in [2.75, 3.05) is 5.32 Å². The molecule has 0 aliphatic carbocycles. The smallest absolute Gasteiger partial charge is 0.227 e. The lowest BCUT2D eigenvalue weighted by molar-refractivity contribution is -0.123. The van der Waals surface area contributed by atoms with Gasteiger partial charge in [0.1, 0.15) is 11.6 Å². The van der Waals surface area contributed by atoms with Gasteiger partial charge in [-0.05, 0) is 37.5 Å². The van der Waals surface area contributed by atoms with Gasteiger partial charge < -0.3 is 10.6 Å². The lowest BCUT2D eigenvalue weighted by atomic mass is 9.89. The van der Waals surface area contributed by atoms with Crippen LogP contribution >= 0.6 is 0 Å². The highest BCUT2D eigenvalue weighted by atomic mass is 19.1. The van der Waals surface area contributed by atoms with E-state index in [1.54, 1.807) is 6.92 Å². The molecule has 0 saturated heterocycles. The van der Waals surface area contributed by atoms with Crippen molar-refractivity contribution in [2.24, 2.45) is 5.92 Å². The van der Waals surface area contributed by atoms with Gasteiger partial charge in [-0.15, -0.1) is 0 Å². The Morgan fingerprint density at radius 2 is 2.04 bits per heavy atom. The van der Waals surface area contributed by atoms with Gasteiger partial charge in [0.15, 0.2) is 0 Å². The Balaban J connectivity index is 1.55. The van der Waals surface area contributed by atoms with Crippen molar-refractivity contribution in [2.45, 2.75) is 32.2 Å². The number of rotatable bonds is 5. The average molecular weight is 358 g/mol. The quantitative estimate of drug-likeness (QED) is 0.856. The maximum Gasteiger partial charge on any atom is 0.227 e. The number of carbonyl (C=O) groups excluding carboxylic acids is 2. The van der Waals surface area contributed by atoms with Crippen LogP contribution in [0.1, 0.15) is 36.9 Å². The third-order valence-electron chi connectivity index (χ3n) is 4.64. The molecule has 0 aromatic heterocycles. The normalized spacial score (nSPS) is 17.2. The van der Waals surface area contributed by atoms with Crippen molar-refractivity contribution in [3.05, 3.63) is 65.2 Å². The highest BCUT2D eigenvalue weighted by Gasteiger charge is 2.26. The van der Waals surface area contributed by atoms with Gasteiger partial charge in [0, 0.05) is 29.7 Å². The molecule has 0 spiro atoms. The summed E-state index contributed by atoms with van der Waals surface area (Å²) >= 11 is 0. The number of halogens is 2. The van der Waals surface area contributed by atoms with E-state index in [2.05, 4.69) is 10.6 Å². The van der Waals surface area contributed by atoms with Gasteiger partial charge in [-0.1, -0.05) is 24.3 Å². The Bertz CT molecular complexity index is 838. The third kappa shape index (κ3) is 4.07. The molecule has 1 heterocycles. The van der Waals surface area contributed by atoms with E-state index in [1.807, 2.05) is 24.3 Å². The zero-order chi connectivity index (χ0) is 18.7. The van der Waals surface area contributed by atoms with Crippen LogP contribution in [0.4, 0.5) is 14.5 Å². The number of amides is 2. The van der Waals surface area contributed by atoms with E-state index in [-0.39, 0.29) is 29.7 Å². The van der Waals surface area contributed by atoms with Crippen LogP contribution < -0.4 is 10.6 Å². The fourth-order valence-electron chi connectivity index (χ4n) is 3.20. The van der Waals surface area contributed by atoms with Crippen LogP contribution in [-0.4, -0.2) is 11.8 Å². The second kappa shape index (κ2) is 7.64. The minimum Gasteiger partial charge on any atom is -0.349 e. The van der Waals surface area contributed by atoms with Gasteiger partial charge in [0.2, 0.25) is 11.8 Å². The summed E-state index contributed by atoms with van der Waals surface area (Å²) in [4.78, 5) is 24.3. The van der Waals surface area contributed by atoms with Gasteiger partial charge >= 0.3 is 0 Å². The molecule has 0 bridgehead atoms. The zero-order valence-electron chi connectivity index (χ0n) is 14.4. The molecule has 2 amide bonds. The summed E-state index contributed by atoms with van der Waals surface area (Å²) in [5.74, 6) is -1.98. The Morgan fingerprint density at radius 3 is 2.81 bits per heavy atom. The molecule has 0 fully saturated rings. The summed E-state index contributed by atoms with van der Waals surface area (Å²) in [7, 11) is 0. The van der Waals surface area contributed by atoms with Gasteiger partial charge in [-0.3, -0.25) is 9.59 Å². The highest BCUT2D eigenvalue weighted by molar-refractivity contribution is 5.96. The third-order valence-corrected chi connectivity index (χ3v) is 4.64. The second-order valence-corrected chi connectivity index (χ2v) is 6.54. The first kappa shape index (κ1) is 18.0. The van der Waals surface area contributed by atoms with Crippen LogP contribution in [0.3, 0.4) is 0 Å². The number of para-hydroxylation sites is 1. The molecular weight excluding hydrogens is 338 g/mol. The van der Waals surface area contributed by atoms with Crippen LogP contribution in [0.5, 0.6) is 0 Å². The van der Waals surface area contributed by atoms with E-state index in [1.165, 1.54) is 6.07 Å². The summed E-state index contributed by atoms with van der Waals surface area (Å²) in [6.45, 7) is 1.64. The molecule has 0 radical (unpaired) electrons. The topological polar surface area (TPSA) is 58.2 Å². The molecule has 2 N–H and O–H groups in total. The van der Waals surface area contributed by atoms with Crippen molar-refractivity contribution in [3.8, 4) is 0 Å². The first-order valence-electron chi connectivity index (χ1n) is 8.57. The van der Waals surface area contributed by atoms with Crippen LogP contribution in [0.15, 0.2) is 42.5 Å². The summed E-state index contributed by atoms with van der Waals surface area (Å²) < 4.78 is 26.8. The number of hydrogen-bond acceptors (Lipinski definition) is 2. The molecule has 2 aromatic rings. The van der Waals surface area contributed by atoms with Gasteiger partial charge in [-0.25, -0.2) is 8.78 Å². The Hall–Kier alpha value is -2.76. The molecule has 3 rings (SSSR count). The second-order valence-electron chi connectivity index (χ2n) is 6.54. The molecule has 26 heavy (non-hydrogen) atoms. The van der Waals surface area contributed by atoms with E-state index in [9.17, 15) is 18.4 Å². The average Bonchev–Trinajstić information content (AvgIpc) is 2.59. The number of hydrogen-bond donors (Lipinski definition) is 2. The van der Waals surface area contributed by atoms with E-state index < -0.39 is 17.7 Å². The highest BCUT2D eigenvalue weighted by Crippen LogP contribution is 2.27. The van der Waals surface area contributed by atoms with Crippen LogP contribution in [-0.2, 0) is 16.0 Å². The molecular formula is C20H20F2N2O2. The predicted octanol–water partition coefficient (Wildman–Crippen LogP) is 3.73. The van der Waals surface area contributed by atoms with Crippen molar-refractivity contribution in [1.29, 1.82) is 0 Å². The molecule has 0 unspecified atom stereocenters. The lowest BCUT2D eigenvalue weighted by Crippen LogP contribution is -2.32. The minimum atomic E-state index is -0.693. The number of benzene rings is 2. The summed E-state index contributed by atoms with van der Waals surface area (Å²) in [5, 5.41) is 5.55. The maximum atomic E-state index is 13.8. The van der Waals surface area contributed by atoms with Crippen molar-refractivity contribution in [3.63, 3.8) is 0 Å². The standard InChI is InChI=1S/C20H20F2N2O2/c1-12(16-8-7-15(21)11-17(16)22)23-19(25)9-6-14-10-13-4-2-3-5-18(13)24-20(14)26/h2-5,7-8,11-12,14H,6,9-10H2,1H3,(H,23,25)(H,24,26)/t12-,14+/m0/s1. The van der Waals surface area contributed by atoms with E-state index in [4.69, 9.17) is 0 Å². The Morgan fingerprint density at radius 1 is 1.27 bits per heavy atom. The van der Waals surface area contributed by atoms with Gasteiger partial charge in [0.05, 0.1) is 6.04 Å². The fraction of sp³-hybridized carbons (Fsp3) is 0.300. The van der Waals surface area contributed by atoms with Gasteiger partial charge in [-0.2, -0.15) is 0 Å². The molecule has 4 nitrogen and oxygen atoms in total. The summed E-state index contributed by atoms with van der Waals surface area (Å²) in [6.07, 6.45) is 1.16. The first-order valence-corrected chi connectivity index (χ1v) is 8.57. The van der Waals surface area contributed by atoms with Crippen molar-refractivity contribution >= 4 is 17.5 Å². The molecule has 136 valence electrons. The zero-order valence-corrected chi connectivity index (χ0v) is 14.4.